The Bertz CT molecular complexity index is 1430. The zero-order chi connectivity index (χ0) is 23.2. The summed E-state index contributed by atoms with van der Waals surface area (Å²) in [6, 6.07) is 16.6. The van der Waals surface area contributed by atoms with Crippen molar-refractivity contribution in [2.45, 2.75) is 6.54 Å². The minimum Gasteiger partial charge on any atom is -0.508 e. The van der Waals surface area contributed by atoms with Crippen LogP contribution < -0.4 is 15.8 Å². The Balaban J connectivity index is 1.71. The highest BCUT2D eigenvalue weighted by molar-refractivity contribution is 7.13. The van der Waals surface area contributed by atoms with E-state index in [2.05, 4.69) is 15.5 Å². The molecule has 10 nitrogen and oxygen atoms in total. The molecule has 0 spiro atoms. The predicted octanol–water partition coefficient (Wildman–Crippen LogP) is 3.30. The Labute approximate surface area is 190 Å². The molecule has 3 heterocycles. The lowest BCUT2D eigenvalue weighted by Gasteiger charge is -2.24. The smallest absolute Gasteiger partial charge is 0.282 e. The van der Waals surface area contributed by atoms with Gasteiger partial charge in [-0.05, 0) is 29.1 Å². The second-order valence-electron chi connectivity index (χ2n) is 7.34. The van der Waals surface area contributed by atoms with Crippen molar-refractivity contribution >= 4 is 28.5 Å². The first kappa shape index (κ1) is 20.8. The van der Waals surface area contributed by atoms with E-state index in [0.29, 0.717) is 4.88 Å². The molecule has 0 unspecified atom stereocenters. The van der Waals surface area contributed by atoms with Gasteiger partial charge in [-0.3, -0.25) is 4.79 Å². The summed E-state index contributed by atoms with van der Waals surface area (Å²) < 4.78 is 1.19. The van der Waals surface area contributed by atoms with Crippen molar-refractivity contribution in [1.29, 1.82) is 0 Å². The Kier molecular flexibility index (Phi) is 4.95. The second-order valence-corrected chi connectivity index (χ2v) is 8.29. The Morgan fingerprint density at radius 3 is 2.55 bits per heavy atom. The quantitative estimate of drug-likeness (QED) is 0.231. The monoisotopic (exact) mass is 464 g/mol. The zero-order valence-corrected chi connectivity index (χ0v) is 17.8. The van der Waals surface area contributed by atoms with Gasteiger partial charge in [-0.15, -0.1) is 21.8 Å². The molecule has 1 aliphatic rings. The molecule has 166 valence electrons. The highest BCUT2D eigenvalue weighted by atomic mass is 32.1. The van der Waals surface area contributed by atoms with Crippen molar-refractivity contribution in [3.05, 3.63) is 87.5 Å². The van der Waals surface area contributed by atoms with Crippen LogP contribution in [-0.2, 0) is 6.54 Å². The van der Waals surface area contributed by atoms with Gasteiger partial charge in [-0.1, -0.05) is 36.4 Å². The first-order chi connectivity index (χ1) is 15.8. The van der Waals surface area contributed by atoms with Gasteiger partial charge in [-0.2, -0.15) is 5.10 Å². The van der Waals surface area contributed by atoms with Gasteiger partial charge >= 0.3 is 0 Å². The van der Waals surface area contributed by atoms with Crippen LogP contribution in [0, 0.1) is 0 Å². The molecular formula is C22H18N5O5S+. The lowest BCUT2D eigenvalue weighted by molar-refractivity contribution is -0.291. The number of thiophene rings is 1. The second kappa shape index (κ2) is 7.83. The number of anilines is 1. The summed E-state index contributed by atoms with van der Waals surface area (Å²) in [5.41, 5.74) is 0.0556. The highest BCUT2D eigenvalue weighted by Gasteiger charge is 2.39. The Morgan fingerprint density at radius 1 is 1.03 bits per heavy atom. The van der Waals surface area contributed by atoms with E-state index in [1.807, 2.05) is 35.7 Å². The van der Waals surface area contributed by atoms with E-state index in [-0.39, 0.29) is 40.8 Å². The third kappa shape index (κ3) is 3.75. The molecular weight excluding hydrogens is 446 g/mol. The summed E-state index contributed by atoms with van der Waals surface area (Å²) in [6.45, 7) is 0.126. The average Bonchev–Trinajstić information content (AvgIpc) is 3.31. The van der Waals surface area contributed by atoms with Crippen LogP contribution in [0.15, 0.2) is 75.9 Å². The minimum absolute atomic E-state index is 0.126. The van der Waals surface area contributed by atoms with Crippen LogP contribution in [-0.4, -0.2) is 36.2 Å². The van der Waals surface area contributed by atoms with Gasteiger partial charge in [0.15, 0.2) is 5.75 Å². The molecule has 0 fully saturated rings. The number of phenols is 1. The number of phenolic OH excluding ortho intramolecular Hbond substituents is 1. The third-order valence-corrected chi connectivity index (χ3v) is 5.97. The summed E-state index contributed by atoms with van der Waals surface area (Å²) in [6.07, 6.45) is 0. The van der Waals surface area contributed by atoms with Crippen LogP contribution in [0.5, 0.6) is 11.5 Å². The molecule has 2 aromatic carbocycles. The number of hydrogen-bond acceptors (Lipinski definition) is 9. The van der Waals surface area contributed by atoms with Crippen LogP contribution >= 0.6 is 11.3 Å². The van der Waals surface area contributed by atoms with Gasteiger partial charge < -0.3 is 15.5 Å². The molecule has 0 atom stereocenters. The largest absolute Gasteiger partial charge is 0.508 e. The van der Waals surface area contributed by atoms with Crippen molar-refractivity contribution in [3.63, 3.8) is 0 Å². The first-order valence-corrected chi connectivity index (χ1v) is 10.7. The number of rotatable bonds is 4. The first-order valence-electron chi connectivity index (χ1n) is 9.81. The molecule has 0 saturated carbocycles. The lowest BCUT2D eigenvalue weighted by Crippen LogP contribution is -2.44. The van der Waals surface area contributed by atoms with Crippen molar-refractivity contribution < 1.29 is 20.6 Å². The lowest BCUT2D eigenvalue weighted by atomic mass is 10.1. The SMILES string of the molecule is O=c1c(C2=N[N+](O)(O)c3cc(O)ccc3N2)c(O)c(-c2cccs2)nn1Cc1ccccc1. The number of nitrogens with zero attached hydrogens (tertiary/aromatic N) is 4. The number of quaternary nitrogens is 1. The van der Waals surface area contributed by atoms with E-state index in [1.54, 1.807) is 12.1 Å². The number of hydrogen-bond donors (Lipinski definition) is 5. The maximum atomic E-state index is 13.4. The minimum atomic E-state index is -1.97. The van der Waals surface area contributed by atoms with Crippen molar-refractivity contribution in [2.75, 3.05) is 5.32 Å². The molecule has 0 saturated heterocycles. The number of aromatic hydroxyl groups is 2. The van der Waals surface area contributed by atoms with Crippen molar-refractivity contribution in [1.82, 2.24) is 14.7 Å². The zero-order valence-electron chi connectivity index (χ0n) is 17.0. The fourth-order valence-corrected chi connectivity index (χ4v) is 4.26. The van der Waals surface area contributed by atoms with Crippen LogP contribution in [0.1, 0.15) is 11.1 Å². The highest BCUT2D eigenvalue weighted by Crippen LogP contribution is 2.38. The molecule has 2 aromatic heterocycles. The van der Waals surface area contributed by atoms with Crippen molar-refractivity contribution in [3.8, 4) is 22.1 Å². The van der Waals surface area contributed by atoms with E-state index >= 15 is 0 Å². The van der Waals surface area contributed by atoms with Crippen LogP contribution in [0.2, 0.25) is 0 Å². The average molecular weight is 464 g/mol. The van der Waals surface area contributed by atoms with Gasteiger partial charge in [-0.25, -0.2) is 4.68 Å². The fourth-order valence-electron chi connectivity index (χ4n) is 3.55. The molecule has 0 amide bonds. The van der Waals surface area contributed by atoms with Crippen LogP contribution in [0.25, 0.3) is 10.6 Å². The Hall–Kier alpha value is -4.03. The molecule has 33 heavy (non-hydrogen) atoms. The summed E-state index contributed by atoms with van der Waals surface area (Å²) in [4.78, 5) is 12.0. The molecule has 5 rings (SSSR count). The predicted molar refractivity (Wildman–Crippen MR) is 123 cm³/mol. The molecule has 0 bridgehead atoms. The Morgan fingerprint density at radius 2 is 1.82 bits per heavy atom. The summed E-state index contributed by atoms with van der Waals surface area (Å²) >= 11 is 1.33. The van der Waals surface area contributed by atoms with E-state index < -0.39 is 16.2 Å². The van der Waals surface area contributed by atoms with Gasteiger partial charge in [0.1, 0.15) is 27.6 Å². The molecule has 0 radical (unpaired) electrons. The number of nitrogens with one attached hydrogen (secondary N) is 1. The number of fused-ring (bicyclic) bond motifs is 1. The number of aromatic nitrogens is 2. The maximum absolute atomic E-state index is 13.4. The summed E-state index contributed by atoms with van der Waals surface area (Å²) in [7, 11) is 0. The van der Waals surface area contributed by atoms with E-state index in [1.165, 1.54) is 28.2 Å². The van der Waals surface area contributed by atoms with E-state index in [4.69, 9.17) is 0 Å². The van der Waals surface area contributed by atoms with Crippen molar-refractivity contribution in [2.24, 2.45) is 5.10 Å². The standard InChI is InChI=1S/C22H17N5O5S/c28-14-8-9-15-16(11-14)27(31,32)25-21(23-15)18-20(29)19(17-7-4-10-33-17)24-26(22(18)30)12-13-5-2-1-3-6-13/h1-11,31-32H,12H2,(H2-,23,24,25,28,29,30)/p+1. The van der Waals surface area contributed by atoms with Gasteiger partial charge in [0, 0.05) is 5.10 Å². The molecule has 1 aliphatic heterocycles. The molecule has 4 aromatic rings. The molecule has 11 heteroatoms. The number of amidine groups is 1. The topological polar surface area (TPSA) is 140 Å². The maximum Gasteiger partial charge on any atom is 0.282 e. The van der Waals surface area contributed by atoms with E-state index in [9.17, 15) is 25.4 Å². The molecule has 0 aliphatic carbocycles. The molecule has 5 N–H and O–H groups in total. The fraction of sp³-hybridized carbons (Fsp3) is 0.0455. The van der Waals surface area contributed by atoms with Crippen LogP contribution in [0.3, 0.4) is 0 Å². The van der Waals surface area contributed by atoms with Gasteiger partial charge in [0.25, 0.3) is 11.2 Å². The number of benzene rings is 2. The van der Waals surface area contributed by atoms with Gasteiger partial charge in [0.2, 0.25) is 5.84 Å². The van der Waals surface area contributed by atoms with Gasteiger partial charge in [0.05, 0.1) is 17.5 Å². The normalized spacial score (nSPS) is 14.3. The summed E-state index contributed by atoms with van der Waals surface area (Å²) in [5.74, 6) is -0.903. The van der Waals surface area contributed by atoms with Crippen LogP contribution in [0.4, 0.5) is 11.4 Å². The third-order valence-electron chi connectivity index (χ3n) is 5.09. The van der Waals surface area contributed by atoms with E-state index in [0.717, 1.165) is 11.6 Å². The summed E-state index contributed by atoms with van der Waals surface area (Å²) in [5, 5.41) is 54.5.